The largest absolute Gasteiger partial charge is 0.492 e. The third-order valence-electron chi connectivity index (χ3n) is 4.12. The van der Waals surface area contributed by atoms with E-state index >= 15 is 0 Å². The highest BCUT2D eigenvalue weighted by atomic mass is 35.5. The summed E-state index contributed by atoms with van der Waals surface area (Å²) in [7, 11) is 1.89. The molecule has 1 N–H and O–H groups in total. The summed E-state index contributed by atoms with van der Waals surface area (Å²) in [6.45, 7) is 4.21. The van der Waals surface area contributed by atoms with Crippen molar-refractivity contribution in [1.82, 2.24) is 19.7 Å². The number of nitrogens with zero attached hydrogens (tertiary/aromatic N) is 4. The molecule has 11 heteroatoms. The van der Waals surface area contributed by atoms with Gasteiger partial charge in [0.05, 0.1) is 22.6 Å². The van der Waals surface area contributed by atoms with Crippen LogP contribution in [0.25, 0.3) is 0 Å². The Bertz CT molecular complexity index is 1020. The lowest BCUT2D eigenvalue weighted by molar-refractivity contribution is -0.115. The zero-order valence-electron chi connectivity index (χ0n) is 16.7. The number of carbonyl (C=O) groups is 1. The van der Waals surface area contributed by atoms with Gasteiger partial charge in [-0.25, -0.2) is 4.98 Å². The first kappa shape index (κ1) is 22.9. The molecule has 0 aliphatic carbocycles. The van der Waals surface area contributed by atoms with Gasteiger partial charge in [0.2, 0.25) is 5.91 Å². The maximum atomic E-state index is 12.4. The van der Waals surface area contributed by atoms with Crippen LogP contribution >= 0.6 is 46.3 Å². The quantitative estimate of drug-likeness (QED) is 0.338. The Balaban J connectivity index is 1.48. The molecule has 3 rings (SSSR count). The van der Waals surface area contributed by atoms with Gasteiger partial charge in [0.25, 0.3) is 0 Å². The lowest BCUT2D eigenvalue weighted by Gasteiger charge is -2.10. The summed E-state index contributed by atoms with van der Waals surface area (Å²) in [5, 5.41) is 15.2. The number of thiazole rings is 1. The Morgan fingerprint density at radius 2 is 2.17 bits per heavy atom. The molecule has 0 fully saturated rings. The van der Waals surface area contributed by atoms with E-state index in [1.165, 1.54) is 23.1 Å². The molecule has 0 bridgehead atoms. The number of hydrogen-bond donors (Lipinski definition) is 1. The molecule has 0 saturated carbocycles. The fourth-order valence-electron chi connectivity index (χ4n) is 2.50. The fraction of sp³-hybridized carbons (Fsp3) is 0.368. The Hall–Kier alpha value is -1.81. The summed E-state index contributed by atoms with van der Waals surface area (Å²) in [4.78, 5) is 16.6. The second-order valence-electron chi connectivity index (χ2n) is 6.53. The van der Waals surface area contributed by atoms with Gasteiger partial charge in [0.1, 0.15) is 11.6 Å². The van der Waals surface area contributed by atoms with Gasteiger partial charge in [-0.1, -0.05) is 35.0 Å². The van der Waals surface area contributed by atoms with Crippen molar-refractivity contribution < 1.29 is 9.53 Å². The van der Waals surface area contributed by atoms with E-state index in [4.69, 9.17) is 27.9 Å². The molecule has 2 aromatic heterocycles. The summed E-state index contributed by atoms with van der Waals surface area (Å²) in [5.41, 5.74) is 0.885. The second kappa shape index (κ2) is 10.5. The molecule has 1 amide bonds. The summed E-state index contributed by atoms with van der Waals surface area (Å²) >= 11 is 14.8. The molecule has 0 aliphatic heterocycles. The van der Waals surface area contributed by atoms with Crippen LogP contribution in [0.3, 0.4) is 0 Å². The van der Waals surface area contributed by atoms with Crippen molar-refractivity contribution in [3.63, 3.8) is 0 Å². The first-order valence-electron chi connectivity index (χ1n) is 9.19. The molecule has 1 aromatic carbocycles. The van der Waals surface area contributed by atoms with Gasteiger partial charge in [-0.15, -0.1) is 21.5 Å². The minimum absolute atomic E-state index is 0.118. The van der Waals surface area contributed by atoms with E-state index in [-0.39, 0.29) is 11.2 Å². The number of rotatable bonds is 9. The van der Waals surface area contributed by atoms with Gasteiger partial charge in [0, 0.05) is 23.9 Å². The van der Waals surface area contributed by atoms with E-state index in [1.54, 1.807) is 18.2 Å². The minimum atomic E-state index is -0.333. The van der Waals surface area contributed by atoms with Gasteiger partial charge < -0.3 is 14.6 Å². The number of amides is 1. The van der Waals surface area contributed by atoms with E-state index in [0.717, 1.165) is 17.9 Å². The molecule has 0 saturated heterocycles. The van der Waals surface area contributed by atoms with E-state index in [0.29, 0.717) is 39.1 Å². The molecular weight excluding hydrogens is 465 g/mol. The standard InChI is InChI=1S/C19H21Cl2N5O2S2/c1-11-10-29-18(22-11)23-17(27)12(2)30-19-25-24-16(26(19)3)5-4-8-28-15-7-6-13(20)9-14(15)21/h6-7,9-10,12H,4-5,8H2,1-3H3,(H,22,23,27)/t12-/m1/s1. The summed E-state index contributed by atoms with van der Waals surface area (Å²) < 4.78 is 7.60. The van der Waals surface area contributed by atoms with Crippen molar-refractivity contribution in [3.05, 3.63) is 45.1 Å². The Labute approximate surface area is 193 Å². The van der Waals surface area contributed by atoms with Crippen LogP contribution in [0.2, 0.25) is 10.0 Å². The predicted molar refractivity (Wildman–Crippen MR) is 122 cm³/mol. The first-order valence-corrected chi connectivity index (χ1v) is 11.7. The second-order valence-corrected chi connectivity index (χ2v) is 9.54. The van der Waals surface area contributed by atoms with Crippen molar-refractivity contribution in [2.45, 2.75) is 37.1 Å². The third-order valence-corrected chi connectivity index (χ3v) is 6.66. The van der Waals surface area contributed by atoms with E-state index < -0.39 is 0 Å². The van der Waals surface area contributed by atoms with Crippen LogP contribution in [0.4, 0.5) is 5.13 Å². The highest BCUT2D eigenvalue weighted by molar-refractivity contribution is 8.00. The van der Waals surface area contributed by atoms with Crippen molar-refractivity contribution >= 4 is 57.3 Å². The van der Waals surface area contributed by atoms with Crippen molar-refractivity contribution in [3.8, 4) is 5.75 Å². The molecule has 0 spiro atoms. The maximum Gasteiger partial charge on any atom is 0.239 e. The molecule has 2 heterocycles. The normalized spacial score (nSPS) is 12.0. The number of ether oxygens (including phenoxy) is 1. The number of anilines is 1. The number of aromatic nitrogens is 4. The zero-order valence-corrected chi connectivity index (χ0v) is 19.8. The van der Waals surface area contributed by atoms with E-state index in [1.807, 2.05) is 30.8 Å². The van der Waals surface area contributed by atoms with Crippen molar-refractivity contribution in [2.24, 2.45) is 7.05 Å². The molecule has 0 unspecified atom stereocenters. The van der Waals surface area contributed by atoms with Gasteiger partial charge in [0.15, 0.2) is 10.3 Å². The van der Waals surface area contributed by atoms with E-state index in [2.05, 4.69) is 20.5 Å². The van der Waals surface area contributed by atoms with Crippen molar-refractivity contribution in [1.29, 1.82) is 0 Å². The summed E-state index contributed by atoms with van der Waals surface area (Å²) in [5.74, 6) is 1.31. The highest BCUT2D eigenvalue weighted by Gasteiger charge is 2.19. The van der Waals surface area contributed by atoms with Crippen LogP contribution in [0.15, 0.2) is 28.7 Å². The van der Waals surface area contributed by atoms with Gasteiger partial charge >= 0.3 is 0 Å². The molecule has 3 aromatic rings. The van der Waals surface area contributed by atoms with Crippen LogP contribution in [0.1, 0.15) is 24.9 Å². The third kappa shape index (κ3) is 6.10. The van der Waals surface area contributed by atoms with E-state index in [9.17, 15) is 4.79 Å². The number of aryl methyl sites for hydroxylation is 2. The van der Waals surface area contributed by atoms with Crippen LogP contribution < -0.4 is 10.1 Å². The molecule has 0 aliphatic rings. The van der Waals surface area contributed by atoms with Crippen LogP contribution in [-0.2, 0) is 18.3 Å². The van der Waals surface area contributed by atoms with Gasteiger partial charge in [-0.05, 0) is 38.5 Å². The monoisotopic (exact) mass is 485 g/mol. The average molecular weight is 486 g/mol. The summed E-state index contributed by atoms with van der Waals surface area (Å²) in [6.07, 6.45) is 1.43. The molecule has 160 valence electrons. The Morgan fingerprint density at radius 3 is 2.87 bits per heavy atom. The fourth-order valence-corrected chi connectivity index (χ4v) is 4.49. The van der Waals surface area contributed by atoms with Crippen LogP contribution in [0.5, 0.6) is 5.75 Å². The molecule has 7 nitrogen and oxygen atoms in total. The summed E-state index contributed by atoms with van der Waals surface area (Å²) in [6, 6.07) is 5.14. The number of nitrogens with one attached hydrogen (secondary N) is 1. The Morgan fingerprint density at radius 1 is 1.37 bits per heavy atom. The molecule has 0 radical (unpaired) electrons. The zero-order chi connectivity index (χ0) is 21.7. The number of benzene rings is 1. The molecule has 1 atom stereocenters. The SMILES string of the molecule is Cc1csc(NC(=O)[C@@H](C)Sc2nnc(CCCOc3ccc(Cl)cc3Cl)n2C)n1. The number of halogens is 2. The lowest BCUT2D eigenvalue weighted by atomic mass is 10.3. The van der Waals surface area contributed by atoms with Crippen molar-refractivity contribution in [2.75, 3.05) is 11.9 Å². The number of hydrogen-bond acceptors (Lipinski definition) is 7. The Kier molecular flexibility index (Phi) is 7.99. The molecular formula is C19H21Cl2N5O2S2. The van der Waals surface area contributed by atoms with Crippen LogP contribution in [0, 0.1) is 6.92 Å². The smallest absolute Gasteiger partial charge is 0.239 e. The average Bonchev–Trinajstić information content (AvgIpc) is 3.26. The number of thioether (sulfide) groups is 1. The van der Waals surface area contributed by atoms with Gasteiger partial charge in [-0.2, -0.15) is 0 Å². The highest BCUT2D eigenvalue weighted by Crippen LogP contribution is 2.28. The van der Waals surface area contributed by atoms with Crippen LogP contribution in [-0.4, -0.2) is 37.5 Å². The molecule has 30 heavy (non-hydrogen) atoms. The topological polar surface area (TPSA) is 81.9 Å². The maximum absolute atomic E-state index is 12.4. The first-order chi connectivity index (χ1) is 14.3. The minimum Gasteiger partial charge on any atom is -0.492 e. The van der Waals surface area contributed by atoms with Gasteiger partial charge in [-0.3, -0.25) is 4.79 Å². The lowest BCUT2D eigenvalue weighted by Crippen LogP contribution is -2.22. The number of carbonyl (C=O) groups excluding carboxylic acids is 1. The predicted octanol–water partition coefficient (Wildman–Crippen LogP) is 5.02.